The fourth-order valence-corrected chi connectivity index (χ4v) is 2.13. The molecular weight excluding hydrogens is 214 g/mol. The number of hydrogen-bond acceptors (Lipinski definition) is 4. The molecule has 1 aliphatic heterocycles. The van der Waals surface area contributed by atoms with Crippen LogP contribution in [0.2, 0.25) is 0 Å². The predicted octanol–water partition coefficient (Wildman–Crippen LogP) is 1.65. The molecule has 2 rings (SSSR count). The van der Waals surface area contributed by atoms with E-state index >= 15 is 0 Å². The second kappa shape index (κ2) is 4.27. The molecule has 0 radical (unpaired) electrons. The number of nitriles is 1. The van der Waals surface area contributed by atoms with E-state index in [1.54, 1.807) is 0 Å². The zero-order valence-corrected chi connectivity index (χ0v) is 10.2. The van der Waals surface area contributed by atoms with E-state index in [0.717, 1.165) is 23.5 Å². The Kier molecular flexibility index (Phi) is 2.95. The number of ether oxygens (including phenoxy) is 1. The Morgan fingerprint density at radius 2 is 2.29 bits per heavy atom. The SMILES string of the molecule is CC1(C)CN(CC#N)c2ccc(CN)cc2O1. The average molecular weight is 231 g/mol. The second-order valence-electron chi connectivity index (χ2n) is 4.88. The molecule has 17 heavy (non-hydrogen) atoms. The monoisotopic (exact) mass is 231 g/mol. The van der Waals surface area contributed by atoms with Crippen LogP contribution in [0.3, 0.4) is 0 Å². The van der Waals surface area contributed by atoms with Gasteiger partial charge in [0.05, 0.1) is 18.3 Å². The van der Waals surface area contributed by atoms with Crippen molar-refractivity contribution in [2.45, 2.75) is 26.0 Å². The predicted molar refractivity (Wildman–Crippen MR) is 66.9 cm³/mol. The zero-order chi connectivity index (χ0) is 12.5. The summed E-state index contributed by atoms with van der Waals surface area (Å²) < 4.78 is 5.93. The third kappa shape index (κ3) is 2.34. The number of hydrogen-bond donors (Lipinski definition) is 1. The van der Waals surface area contributed by atoms with Gasteiger partial charge in [-0.1, -0.05) is 6.07 Å². The van der Waals surface area contributed by atoms with E-state index in [9.17, 15) is 0 Å². The van der Waals surface area contributed by atoms with Gasteiger partial charge in [0.15, 0.2) is 0 Å². The van der Waals surface area contributed by atoms with Gasteiger partial charge in [0.1, 0.15) is 17.9 Å². The van der Waals surface area contributed by atoms with Crippen LogP contribution in [0, 0.1) is 11.3 Å². The molecule has 0 fully saturated rings. The molecule has 0 spiro atoms. The van der Waals surface area contributed by atoms with Crippen molar-refractivity contribution in [1.29, 1.82) is 5.26 Å². The summed E-state index contributed by atoms with van der Waals surface area (Å²) in [6, 6.07) is 8.10. The highest BCUT2D eigenvalue weighted by Gasteiger charge is 2.31. The number of rotatable bonds is 2. The van der Waals surface area contributed by atoms with Crippen LogP contribution >= 0.6 is 0 Å². The summed E-state index contributed by atoms with van der Waals surface area (Å²) in [6.45, 7) is 5.64. The summed E-state index contributed by atoms with van der Waals surface area (Å²) >= 11 is 0. The summed E-state index contributed by atoms with van der Waals surface area (Å²) in [5.41, 5.74) is 7.36. The van der Waals surface area contributed by atoms with Crippen molar-refractivity contribution in [1.82, 2.24) is 0 Å². The first-order valence-corrected chi connectivity index (χ1v) is 5.69. The van der Waals surface area contributed by atoms with Crippen molar-refractivity contribution in [2.24, 2.45) is 5.73 Å². The molecular formula is C13H17N3O. The topological polar surface area (TPSA) is 62.3 Å². The average Bonchev–Trinajstić information content (AvgIpc) is 2.27. The smallest absolute Gasteiger partial charge is 0.143 e. The van der Waals surface area contributed by atoms with E-state index in [0.29, 0.717) is 13.1 Å². The van der Waals surface area contributed by atoms with Crippen LogP contribution in [-0.4, -0.2) is 18.7 Å². The van der Waals surface area contributed by atoms with Crippen LogP contribution in [-0.2, 0) is 6.54 Å². The number of fused-ring (bicyclic) bond motifs is 1. The first kappa shape index (κ1) is 11.7. The number of anilines is 1. The largest absolute Gasteiger partial charge is 0.484 e. The van der Waals surface area contributed by atoms with Crippen molar-refractivity contribution in [3.63, 3.8) is 0 Å². The Hall–Kier alpha value is -1.73. The molecule has 1 aliphatic rings. The molecule has 2 N–H and O–H groups in total. The maximum Gasteiger partial charge on any atom is 0.143 e. The van der Waals surface area contributed by atoms with Crippen LogP contribution in [0.1, 0.15) is 19.4 Å². The minimum atomic E-state index is -0.281. The Bertz CT molecular complexity index is 462. The fourth-order valence-electron chi connectivity index (χ4n) is 2.13. The molecule has 90 valence electrons. The maximum absolute atomic E-state index is 8.86. The van der Waals surface area contributed by atoms with Gasteiger partial charge in [0.2, 0.25) is 0 Å². The summed E-state index contributed by atoms with van der Waals surface area (Å²) in [4.78, 5) is 2.04. The molecule has 1 aromatic rings. The summed E-state index contributed by atoms with van der Waals surface area (Å²) in [5.74, 6) is 0.819. The Morgan fingerprint density at radius 1 is 1.53 bits per heavy atom. The van der Waals surface area contributed by atoms with Crippen molar-refractivity contribution >= 4 is 5.69 Å². The first-order chi connectivity index (χ1) is 8.05. The molecule has 0 saturated carbocycles. The molecule has 0 bridgehead atoms. The van der Waals surface area contributed by atoms with Crippen LogP contribution < -0.4 is 15.4 Å². The number of benzene rings is 1. The third-order valence-corrected chi connectivity index (χ3v) is 2.82. The number of nitrogens with two attached hydrogens (primary N) is 1. The van der Waals surface area contributed by atoms with Crippen molar-refractivity contribution in [2.75, 3.05) is 18.0 Å². The van der Waals surface area contributed by atoms with E-state index < -0.39 is 0 Å². The lowest BCUT2D eigenvalue weighted by Crippen LogP contribution is -2.47. The Labute approximate surface area is 102 Å². The summed E-state index contributed by atoms with van der Waals surface area (Å²) in [7, 11) is 0. The van der Waals surface area contributed by atoms with E-state index in [4.69, 9.17) is 15.7 Å². The van der Waals surface area contributed by atoms with Gasteiger partial charge in [-0.2, -0.15) is 5.26 Å². The van der Waals surface area contributed by atoms with Crippen LogP contribution in [0.25, 0.3) is 0 Å². The lowest BCUT2D eigenvalue weighted by molar-refractivity contribution is 0.106. The molecule has 4 nitrogen and oxygen atoms in total. The van der Waals surface area contributed by atoms with Gasteiger partial charge >= 0.3 is 0 Å². The molecule has 0 amide bonds. The van der Waals surface area contributed by atoms with Crippen molar-refractivity contribution < 1.29 is 4.74 Å². The standard InChI is InChI=1S/C13H17N3O/c1-13(2)9-16(6-5-14)11-4-3-10(8-15)7-12(11)17-13/h3-4,7H,6,8-9,15H2,1-2H3. The summed E-state index contributed by atoms with van der Waals surface area (Å²) in [5, 5.41) is 8.86. The van der Waals surface area contributed by atoms with Gasteiger partial charge < -0.3 is 15.4 Å². The molecule has 0 saturated heterocycles. The second-order valence-corrected chi connectivity index (χ2v) is 4.88. The molecule has 0 atom stereocenters. The maximum atomic E-state index is 8.86. The highest BCUT2D eigenvalue weighted by molar-refractivity contribution is 5.62. The van der Waals surface area contributed by atoms with E-state index in [2.05, 4.69) is 6.07 Å². The van der Waals surface area contributed by atoms with E-state index in [1.165, 1.54) is 0 Å². The molecule has 0 unspecified atom stereocenters. The van der Waals surface area contributed by atoms with Gasteiger partial charge in [-0.15, -0.1) is 0 Å². The van der Waals surface area contributed by atoms with Gasteiger partial charge in [-0.25, -0.2) is 0 Å². The fraction of sp³-hybridized carbons (Fsp3) is 0.462. The summed E-state index contributed by atoms with van der Waals surface area (Å²) in [6.07, 6.45) is 0. The minimum Gasteiger partial charge on any atom is -0.484 e. The quantitative estimate of drug-likeness (QED) is 0.786. The van der Waals surface area contributed by atoms with Crippen molar-refractivity contribution in [3.05, 3.63) is 23.8 Å². The van der Waals surface area contributed by atoms with Crippen LogP contribution in [0.4, 0.5) is 5.69 Å². The van der Waals surface area contributed by atoms with Crippen LogP contribution in [0.5, 0.6) is 5.75 Å². The molecule has 0 aliphatic carbocycles. The molecule has 1 heterocycles. The number of nitrogens with zero attached hydrogens (tertiary/aromatic N) is 2. The van der Waals surface area contributed by atoms with Gasteiger partial charge in [-0.05, 0) is 31.5 Å². The lowest BCUT2D eigenvalue weighted by Gasteiger charge is -2.40. The molecule has 4 heteroatoms. The molecule has 1 aromatic carbocycles. The van der Waals surface area contributed by atoms with E-state index in [1.807, 2.05) is 36.9 Å². The lowest BCUT2D eigenvalue weighted by atomic mass is 10.0. The molecule has 0 aromatic heterocycles. The first-order valence-electron chi connectivity index (χ1n) is 5.69. The zero-order valence-electron chi connectivity index (χ0n) is 10.2. The Morgan fingerprint density at radius 3 is 2.94 bits per heavy atom. The highest BCUT2D eigenvalue weighted by atomic mass is 16.5. The normalized spacial score (nSPS) is 16.9. The van der Waals surface area contributed by atoms with E-state index in [-0.39, 0.29) is 5.60 Å². The minimum absolute atomic E-state index is 0.281. The van der Waals surface area contributed by atoms with Crippen LogP contribution in [0.15, 0.2) is 18.2 Å². The van der Waals surface area contributed by atoms with Crippen molar-refractivity contribution in [3.8, 4) is 11.8 Å². The van der Waals surface area contributed by atoms with Gasteiger partial charge in [0.25, 0.3) is 0 Å². The van der Waals surface area contributed by atoms with Gasteiger partial charge in [-0.3, -0.25) is 0 Å². The Balaban J connectivity index is 2.41. The highest BCUT2D eigenvalue weighted by Crippen LogP contribution is 2.37. The third-order valence-electron chi connectivity index (χ3n) is 2.82. The van der Waals surface area contributed by atoms with Gasteiger partial charge in [0, 0.05) is 6.54 Å².